The summed E-state index contributed by atoms with van der Waals surface area (Å²) in [7, 11) is 1.63. The third-order valence-corrected chi connectivity index (χ3v) is 3.47. The quantitative estimate of drug-likeness (QED) is 0.891. The lowest BCUT2D eigenvalue weighted by Crippen LogP contribution is -2.47. The van der Waals surface area contributed by atoms with Gasteiger partial charge in [-0.1, -0.05) is 30.3 Å². The first-order valence-electron chi connectivity index (χ1n) is 6.89. The molecule has 0 aromatic heterocycles. The molecule has 1 amide bonds. The number of halogens is 1. The van der Waals surface area contributed by atoms with Gasteiger partial charge in [-0.25, -0.2) is 0 Å². The van der Waals surface area contributed by atoms with Gasteiger partial charge in [0.1, 0.15) is 0 Å². The monoisotopic (exact) mass is 314 g/mol. The molecule has 1 saturated heterocycles. The van der Waals surface area contributed by atoms with Gasteiger partial charge >= 0.3 is 0 Å². The van der Waals surface area contributed by atoms with Gasteiger partial charge in [0.05, 0.1) is 19.3 Å². The molecule has 118 valence electrons. The highest BCUT2D eigenvalue weighted by molar-refractivity contribution is 5.85. The number of ether oxygens (including phenoxy) is 2. The fraction of sp³-hybridized carbons (Fsp3) is 0.533. The van der Waals surface area contributed by atoms with Crippen molar-refractivity contribution in [2.45, 2.75) is 18.6 Å². The Hall–Kier alpha value is -1.14. The Morgan fingerprint density at radius 2 is 2.19 bits per heavy atom. The fourth-order valence-electron chi connectivity index (χ4n) is 2.37. The second-order valence-electron chi connectivity index (χ2n) is 5.01. The van der Waals surface area contributed by atoms with E-state index in [0.29, 0.717) is 32.7 Å². The Kier molecular flexibility index (Phi) is 7.67. The van der Waals surface area contributed by atoms with E-state index in [-0.39, 0.29) is 30.5 Å². The first-order valence-corrected chi connectivity index (χ1v) is 6.89. The summed E-state index contributed by atoms with van der Waals surface area (Å²) in [5.41, 5.74) is 7.08. The van der Waals surface area contributed by atoms with Gasteiger partial charge in [0.2, 0.25) is 5.91 Å². The molecule has 1 aliphatic heterocycles. The van der Waals surface area contributed by atoms with E-state index in [2.05, 4.69) is 0 Å². The second-order valence-corrected chi connectivity index (χ2v) is 5.01. The Morgan fingerprint density at radius 3 is 2.86 bits per heavy atom. The Labute approximate surface area is 131 Å². The summed E-state index contributed by atoms with van der Waals surface area (Å²) in [5.74, 6) is 0.0748. The zero-order valence-electron chi connectivity index (χ0n) is 12.2. The number of morpholine rings is 1. The van der Waals surface area contributed by atoms with Gasteiger partial charge in [-0.2, -0.15) is 0 Å². The van der Waals surface area contributed by atoms with Crippen molar-refractivity contribution in [3.8, 4) is 0 Å². The van der Waals surface area contributed by atoms with Crippen molar-refractivity contribution in [1.82, 2.24) is 4.90 Å². The van der Waals surface area contributed by atoms with Crippen molar-refractivity contribution in [2.75, 3.05) is 33.4 Å². The van der Waals surface area contributed by atoms with Crippen LogP contribution in [0, 0.1) is 0 Å². The summed E-state index contributed by atoms with van der Waals surface area (Å²) in [6, 6.07) is 9.45. The molecule has 1 aromatic carbocycles. The molecule has 0 radical (unpaired) electrons. The number of carbonyl (C=O) groups excluding carboxylic acids is 1. The number of rotatable bonds is 5. The standard InChI is InChI=1S/C15H22N2O3.ClH/c1-19-11-13-10-17(7-8-20-13)15(18)9-14(16)12-5-3-2-4-6-12;/h2-6,13-14H,7-11,16H2,1H3;1H. The van der Waals surface area contributed by atoms with E-state index < -0.39 is 0 Å². The third-order valence-electron chi connectivity index (χ3n) is 3.47. The van der Waals surface area contributed by atoms with Crippen molar-refractivity contribution >= 4 is 18.3 Å². The third kappa shape index (κ3) is 5.28. The predicted octanol–water partition coefficient (Wildman–Crippen LogP) is 1.37. The first kappa shape index (κ1) is 17.9. The summed E-state index contributed by atoms with van der Waals surface area (Å²) < 4.78 is 10.6. The molecular formula is C15H23ClN2O3. The highest BCUT2D eigenvalue weighted by atomic mass is 35.5. The topological polar surface area (TPSA) is 64.8 Å². The highest BCUT2D eigenvalue weighted by Gasteiger charge is 2.25. The van der Waals surface area contributed by atoms with Crippen LogP contribution in [0.5, 0.6) is 0 Å². The lowest BCUT2D eigenvalue weighted by molar-refractivity contribution is -0.141. The van der Waals surface area contributed by atoms with E-state index in [1.807, 2.05) is 35.2 Å². The summed E-state index contributed by atoms with van der Waals surface area (Å²) in [5, 5.41) is 0. The number of methoxy groups -OCH3 is 1. The normalized spacial score (nSPS) is 19.7. The van der Waals surface area contributed by atoms with Gasteiger partial charge in [-0.3, -0.25) is 4.79 Å². The molecule has 6 heteroatoms. The smallest absolute Gasteiger partial charge is 0.224 e. The average Bonchev–Trinajstić information content (AvgIpc) is 2.48. The van der Waals surface area contributed by atoms with Crippen LogP contribution in [0.1, 0.15) is 18.0 Å². The Bertz CT molecular complexity index is 428. The molecule has 0 saturated carbocycles. The van der Waals surface area contributed by atoms with Gasteiger partial charge in [0, 0.05) is 32.7 Å². The highest BCUT2D eigenvalue weighted by Crippen LogP contribution is 2.16. The number of hydrogen-bond donors (Lipinski definition) is 1. The van der Waals surface area contributed by atoms with Crippen LogP contribution in [0.25, 0.3) is 0 Å². The summed E-state index contributed by atoms with van der Waals surface area (Å²) in [6.07, 6.45) is 0.287. The predicted molar refractivity (Wildman–Crippen MR) is 83.4 cm³/mol. The van der Waals surface area contributed by atoms with Crippen LogP contribution in [-0.4, -0.2) is 50.3 Å². The molecule has 5 nitrogen and oxygen atoms in total. The van der Waals surface area contributed by atoms with Crippen molar-refractivity contribution in [2.24, 2.45) is 5.73 Å². The van der Waals surface area contributed by atoms with Crippen LogP contribution in [0.2, 0.25) is 0 Å². The fourth-order valence-corrected chi connectivity index (χ4v) is 2.37. The molecule has 1 aromatic rings. The first-order chi connectivity index (χ1) is 9.70. The van der Waals surface area contributed by atoms with E-state index in [0.717, 1.165) is 5.56 Å². The maximum Gasteiger partial charge on any atom is 0.224 e. The van der Waals surface area contributed by atoms with Gasteiger partial charge in [0.15, 0.2) is 0 Å². The lowest BCUT2D eigenvalue weighted by Gasteiger charge is -2.33. The number of nitrogens with zero attached hydrogens (tertiary/aromatic N) is 1. The SMILES string of the molecule is COCC1CN(C(=O)CC(N)c2ccccc2)CCO1.Cl. The van der Waals surface area contributed by atoms with Gasteiger partial charge in [-0.15, -0.1) is 12.4 Å². The number of benzene rings is 1. The van der Waals surface area contributed by atoms with Gasteiger partial charge < -0.3 is 20.1 Å². The van der Waals surface area contributed by atoms with Crippen molar-refractivity contribution in [3.05, 3.63) is 35.9 Å². The van der Waals surface area contributed by atoms with E-state index in [4.69, 9.17) is 15.2 Å². The van der Waals surface area contributed by atoms with Crippen molar-refractivity contribution < 1.29 is 14.3 Å². The Balaban J connectivity index is 0.00000220. The minimum absolute atomic E-state index is 0. The zero-order chi connectivity index (χ0) is 14.4. The molecule has 1 aliphatic rings. The van der Waals surface area contributed by atoms with Crippen molar-refractivity contribution in [3.63, 3.8) is 0 Å². The molecule has 21 heavy (non-hydrogen) atoms. The molecule has 2 unspecified atom stereocenters. The molecule has 0 aliphatic carbocycles. The maximum absolute atomic E-state index is 12.3. The molecule has 2 rings (SSSR count). The largest absolute Gasteiger partial charge is 0.382 e. The Morgan fingerprint density at radius 1 is 1.48 bits per heavy atom. The number of nitrogens with two attached hydrogens (primary N) is 1. The molecule has 0 bridgehead atoms. The van der Waals surface area contributed by atoms with Crippen LogP contribution < -0.4 is 5.73 Å². The van der Waals surface area contributed by atoms with Crippen LogP contribution in [-0.2, 0) is 14.3 Å². The minimum atomic E-state index is -0.257. The molecule has 1 heterocycles. The van der Waals surface area contributed by atoms with E-state index in [1.54, 1.807) is 7.11 Å². The second kappa shape index (κ2) is 9.00. The number of carbonyl (C=O) groups is 1. The lowest BCUT2D eigenvalue weighted by atomic mass is 10.0. The zero-order valence-corrected chi connectivity index (χ0v) is 13.1. The molecular weight excluding hydrogens is 292 g/mol. The molecule has 2 atom stereocenters. The summed E-state index contributed by atoms with van der Waals surface area (Å²) in [6.45, 7) is 2.27. The number of hydrogen-bond acceptors (Lipinski definition) is 4. The van der Waals surface area contributed by atoms with Gasteiger partial charge in [-0.05, 0) is 5.56 Å². The maximum atomic E-state index is 12.3. The minimum Gasteiger partial charge on any atom is -0.382 e. The van der Waals surface area contributed by atoms with E-state index in [9.17, 15) is 4.79 Å². The summed E-state index contributed by atoms with van der Waals surface area (Å²) >= 11 is 0. The van der Waals surface area contributed by atoms with Crippen LogP contribution in [0.4, 0.5) is 0 Å². The van der Waals surface area contributed by atoms with Gasteiger partial charge in [0.25, 0.3) is 0 Å². The van der Waals surface area contributed by atoms with Crippen LogP contribution >= 0.6 is 12.4 Å². The van der Waals surface area contributed by atoms with Crippen LogP contribution in [0.3, 0.4) is 0 Å². The molecule has 2 N–H and O–H groups in total. The van der Waals surface area contributed by atoms with Crippen LogP contribution in [0.15, 0.2) is 30.3 Å². The van der Waals surface area contributed by atoms with E-state index in [1.165, 1.54) is 0 Å². The average molecular weight is 315 g/mol. The number of amides is 1. The molecule has 1 fully saturated rings. The van der Waals surface area contributed by atoms with Crippen molar-refractivity contribution in [1.29, 1.82) is 0 Å². The summed E-state index contributed by atoms with van der Waals surface area (Å²) in [4.78, 5) is 14.1. The molecule has 0 spiro atoms. The van der Waals surface area contributed by atoms with E-state index >= 15 is 0 Å².